The van der Waals surface area contributed by atoms with Crippen LogP contribution >= 0.6 is 23.8 Å². The standard InChI is InChI=1S/C25H27ClN4S/c1-17-16-19(12-13-20(17)26)29-15-7-11-22(29)24-23(21-10-5-6-14-27-21)28-25(31)30(24)18-8-3-2-4-9-18/h5-7,10-16,18,23-24H,2-4,8-9H2,1H3,(H,28,31)/t23-,24+/m1/s1. The monoisotopic (exact) mass is 450 g/mol. The van der Waals surface area contributed by atoms with Gasteiger partial charge in [0.15, 0.2) is 5.11 Å². The lowest BCUT2D eigenvalue weighted by Crippen LogP contribution is -2.40. The molecule has 1 aliphatic carbocycles. The Morgan fingerprint density at radius 2 is 1.90 bits per heavy atom. The summed E-state index contributed by atoms with van der Waals surface area (Å²) in [6.45, 7) is 2.05. The van der Waals surface area contributed by atoms with E-state index in [9.17, 15) is 0 Å². The molecule has 1 aliphatic heterocycles. The molecule has 3 heterocycles. The molecule has 0 radical (unpaired) electrons. The van der Waals surface area contributed by atoms with Gasteiger partial charge in [0, 0.05) is 34.8 Å². The molecule has 0 unspecified atom stereocenters. The van der Waals surface area contributed by atoms with Crippen LogP contribution in [0.25, 0.3) is 5.69 Å². The van der Waals surface area contributed by atoms with E-state index in [-0.39, 0.29) is 12.1 Å². The third-order valence-electron chi connectivity index (χ3n) is 6.61. The first-order valence-electron chi connectivity index (χ1n) is 11.1. The van der Waals surface area contributed by atoms with Crippen molar-refractivity contribution in [2.75, 3.05) is 0 Å². The molecule has 1 aromatic carbocycles. The Bertz CT molecular complexity index is 1070. The fraction of sp³-hybridized carbons (Fsp3) is 0.360. The number of rotatable bonds is 4. The zero-order chi connectivity index (χ0) is 21.4. The Kier molecular flexibility index (Phi) is 5.72. The maximum Gasteiger partial charge on any atom is 0.170 e. The van der Waals surface area contributed by atoms with E-state index in [0.29, 0.717) is 6.04 Å². The van der Waals surface area contributed by atoms with Gasteiger partial charge in [-0.25, -0.2) is 0 Å². The topological polar surface area (TPSA) is 33.1 Å². The van der Waals surface area contributed by atoms with Crippen LogP contribution in [-0.2, 0) is 0 Å². The smallest absolute Gasteiger partial charge is 0.170 e. The van der Waals surface area contributed by atoms with Crippen LogP contribution in [0.15, 0.2) is 60.9 Å². The van der Waals surface area contributed by atoms with Crippen molar-refractivity contribution < 1.29 is 0 Å². The van der Waals surface area contributed by atoms with Gasteiger partial charge in [0.1, 0.15) is 0 Å². The highest BCUT2D eigenvalue weighted by Gasteiger charge is 2.44. The molecular formula is C25H27ClN4S. The lowest BCUT2D eigenvalue weighted by molar-refractivity contribution is 0.193. The van der Waals surface area contributed by atoms with Crippen molar-refractivity contribution in [1.29, 1.82) is 0 Å². The van der Waals surface area contributed by atoms with Gasteiger partial charge in [-0.2, -0.15) is 0 Å². The van der Waals surface area contributed by atoms with Gasteiger partial charge in [-0.05, 0) is 80.0 Å². The summed E-state index contributed by atoms with van der Waals surface area (Å²) in [5, 5.41) is 5.24. The SMILES string of the molecule is Cc1cc(-n2cccc2[C@H]2[C@@H](c3ccccn3)NC(=S)N2C2CCCCC2)ccc1Cl. The Hall–Kier alpha value is -2.37. The molecule has 0 bridgehead atoms. The lowest BCUT2D eigenvalue weighted by atomic mass is 9.92. The van der Waals surface area contributed by atoms with Crippen molar-refractivity contribution in [3.05, 3.63) is 82.9 Å². The summed E-state index contributed by atoms with van der Waals surface area (Å²) < 4.78 is 2.27. The number of pyridine rings is 1. The van der Waals surface area contributed by atoms with Crippen LogP contribution in [0.5, 0.6) is 0 Å². The molecule has 2 fully saturated rings. The summed E-state index contributed by atoms with van der Waals surface area (Å²) in [5.41, 5.74) is 4.43. The number of halogens is 1. The fourth-order valence-corrected chi connectivity index (χ4v) is 5.59. The Morgan fingerprint density at radius 3 is 2.65 bits per heavy atom. The van der Waals surface area contributed by atoms with Gasteiger partial charge in [0.25, 0.3) is 0 Å². The maximum absolute atomic E-state index is 6.30. The van der Waals surface area contributed by atoms with E-state index in [2.05, 4.69) is 62.4 Å². The van der Waals surface area contributed by atoms with E-state index >= 15 is 0 Å². The second kappa shape index (κ2) is 8.64. The summed E-state index contributed by atoms with van der Waals surface area (Å²) in [6.07, 6.45) is 10.2. The quantitative estimate of drug-likeness (QED) is 0.484. The zero-order valence-corrected chi connectivity index (χ0v) is 19.2. The van der Waals surface area contributed by atoms with Gasteiger partial charge >= 0.3 is 0 Å². The molecule has 4 nitrogen and oxygen atoms in total. The Balaban J connectivity index is 1.61. The van der Waals surface area contributed by atoms with Gasteiger partial charge in [-0.3, -0.25) is 4.98 Å². The molecule has 2 atom stereocenters. The number of thiocarbonyl (C=S) groups is 1. The van der Waals surface area contributed by atoms with Crippen molar-refractivity contribution in [1.82, 2.24) is 19.8 Å². The van der Waals surface area contributed by atoms with Crippen molar-refractivity contribution in [3.8, 4) is 5.69 Å². The number of aromatic nitrogens is 2. The third-order valence-corrected chi connectivity index (χ3v) is 7.36. The van der Waals surface area contributed by atoms with Gasteiger partial charge in [-0.15, -0.1) is 0 Å². The molecular weight excluding hydrogens is 424 g/mol. The summed E-state index contributed by atoms with van der Waals surface area (Å²) >= 11 is 12.2. The van der Waals surface area contributed by atoms with Gasteiger partial charge in [0.2, 0.25) is 0 Å². The molecule has 0 amide bonds. The fourth-order valence-electron chi connectivity index (χ4n) is 5.08. The molecule has 6 heteroatoms. The minimum absolute atomic E-state index is 0.0117. The van der Waals surface area contributed by atoms with Crippen molar-refractivity contribution in [2.45, 2.75) is 57.2 Å². The van der Waals surface area contributed by atoms with Crippen molar-refractivity contribution in [2.24, 2.45) is 0 Å². The summed E-state index contributed by atoms with van der Waals surface area (Å²) in [4.78, 5) is 7.15. The second-order valence-electron chi connectivity index (χ2n) is 8.56. The Labute approximate surface area is 194 Å². The van der Waals surface area contributed by atoms with Crippen LogP contribution in [0.1, 0.15) is 61.1 Å². The molecule has 1 saturated carbocycles. The highest BCUT2D eigenvalue weighted by Crippen LogP contribution is 2.43. The molecule has 31 heavy (non-hydrogen) atoms. The predicted octanol–water partition coefficient (Wildman–Crippen LogP) is 6.14. The number of aryl methyl sites for hydroxylation is 1. The average molecular weight is 451 g/mol. The first kappa shape index (κ1) is 20.5. The van der Waals surface area contributed by atoms with Crippen LogP contribution in [0.2, 0.25) is 5.02 Å². The van der Waals surface area contributed by atoms with Gasteiger partial charge in [-0.1, -0.05) is 36.9 Å². The largest absolute Gasteiger partial charge is 0.352 e. The minimum atomic E-state index is 0.0117. The lowest BCUT2D eigenvalue weighted by Gasteiger charge is -2.37. The summed E-state index contributed by atoms with van der Waals surface area (Å²) in [6, 6.07) is 17.2. The molecule has 5 rings (SSSR count). The van der Waals surface area contributed by atoms with Crippen LogP contribution in [0.3, 0.4) is 0 Å². The first-order valence-corrected chi connectivity index (χ1v) is 11.9. The third kappa shape index (κ3) is 3.85. The second-order valence-corrected chi connectivity index (χ2v) is 9.36. The first-order chi connectivity index (χ1) is 15.1. The van der Waals surface area contributed by atoms with E-state index in [1.54, 1.807) is 0 Å². The van der Waals surface area contributed by atoms with Gasteiger partial charge < -0.3 is 14.8 Å². The van der Waals surface area contributed by atoms with Crippen molar-refractivity contribution in [3.63, 3.8) is 0 Å². The normalized spacial score (nSPS) is 22.0. The van der Waals surface area contributed by atoms with Crippen LogP contribution in [0, 0.1) is 6.92 Å². The number of hydrogen-bond donors (Lipinski definition) is 1. The van der Waals surface area contributed by atoms with E-state index < -0.39 is 0 Å². The minimum Gasteiger partial charge on any atom is -0.352 e. The molecule has 1 saturated heterocycles. The highest BCUT2D eigenvalue weighted by molar-refractivity contribution is 7.80. The van der Waals surface area contributed by atoms with Crippen LogP contribution in [0.4, 0.5) is 0 Å². The van der Waals surface area contributed by atoms with E-state index in [0.717, 1.165) is 27.1 Å². The van der Waals surface area contributed by atoms with Crippen molar-refractivity contribution >= 4 is 28.9 Å². The summed E-state index contributed by atoms with van der Waals surface area (Å²) in [5.74, 6) is 0. The van der Waals surface area contributed by atoms with Gasteiger partial charge in [0.05, 0.1) is 17.8 Å². The molecule has 2 aliphatic rings. The van der Waals surface area contributed by atoms with E-state index in [4.69, 9.17) is 23.8 Å². The molecule has 2 aromatic heterocycles. The average Bonchev–Trinajstić information content (AvgIpc) is 3.41. The zero-order valence-electron chi connectivity index (χ0n) is 17.7. The molecule has 3 aromatic rings. The number of nitrogens with one attached hydrogen (secondary N) is 1. The number of nitrogens with zero attached hydrogens (tertiary/aromatic N) is 3. The molecule has 0 spiro atoms. The molecule has 160 valence electrons. The van der Waals surface area contributed by atoms with E-state index in [1.165, 1.54) is 37.8 Å². The van der Waals surface area contributed by atoms with E-state index in [1.807, 2.05) is 25.3 Å². The maximum atomic E-state index is 6.30. The highest BCUT2D eigenvalue weighted by atomic mass is 35.5. The Morgan fingerprint density at radius 1 is 1.06 bits per heavy atom. The molecule has 1 N–H and O–H groups in total. The predicted molar refractivity (Wildman–Crippen MR) is 130 cm³/mol. The number of benzene rings is 1. The van der Waals surface area contributed by atoms with Crippen LogP contribution in [-0.4, -0.2) is 25.6 Å². The number of hydrogen-bond acceptors (Lipinski definition) is 2. The summed E-state index contributed by atoms with van der Waals surface area (Å²) in [7, 11) is 0. The van der Waals surface area contributed by atoms with Crippen LogP contribution < -0.4 is 5.32 Å².